The van der Waals surface area contributed by atoms with Crippen LogP contribution in [0, 0.1) is 5.82 Å². The molecule has 2 N–H and O–H groups in total. The Labute approximate surface area is 148 Å². The zero-order chi connectivity index (χ0) is 18.8. The predicted molar refractivity (Wildman–Crippen MR) is 91.3 cm³/mol. The minimum atomic E-state index is -1.32. The monoisotopic (exact) mass is 357 g/mol. The van der Waals surface area contributed by atoms with Gasteiger partial charge in [-0.25, -0.2) is 9.18 Å². The topological polar surface area (TPSA) is 92.7 Å². The molecular weight excluding hydrogens is 341 g/mol. The molecule has 0 saturated heterocycles. The summed E-state index contributed by atoms with van der Waals surface area (Å²) in [4.78, 5) is 35.9. The molecule has 0 bridgehead atoms. The van der Waals surface area contributed by atoms with Crippen LogP contribution in [-0.4, -0.2) is 29.9 Å². The molecule has 0 radical (unpaired) electrons. The van der Waals surface area contributed by atoms with Crippen molar-refractivity contribution >= 4 is 23.3 Å². The Morgan fingerprint density at radius 3 is 2.69 bits per heavy atom. The van der Waals surface area contributed by atoms with Crippen LogP contribution in [0.4, 0.5) is 10.1 Å². The smallest absolute Gasteiger partial charge is 0.335 e. The summed E-state index contributed by atoms with van der Waals surface area (Å²) in [5, 5.41) is 11.6. The Bertz CT molecular complexity index is 909. The van der Waals surface area contributed by atoms with E-state index in [1.165, 1.54) is 7.11 Å². The van der Waals surface area contributed by atoms with Gasteiger partial charge in [-0.2, -0.15) is 0 Å². The molecule has 3 rings (SSSR count). The fourth-order valence-electron chi connectivity index (χ4n) is 3.13. The van der Waals surface area contributed by atoms with Gasteiger partial charge in [0.25, 0.3) is 0 Å². The van der Waals surface area contributed by atoms with Gasteiger partial charge >= 0.3 is 5.97 Å². The Hall–Kier alpha value is -3.22. The number of carbonyl (C=O) groups is 3. The third kappa shape index (κ3) is 3.15. The average Bonchev–Trinajstić information content (AvgIpc) is 2.61. The number of amides is 1. The number of methoxy groups -OCH3 is 1. The van der Waals surface area contributed by atoms with Gasteiger partial charge in [0.05, 0.1) is 24.3 Å². The molecule has 1 amide bonds. The van der Waals surface area contributed by atoms with Crippen molar-refractivity contribution in [2.45, 2.75) is 18.8 Å². The molecule has 6 nitrogen and oxygen atoms in total. The molecule has 0 heterocycles. The lowest BCUT2D eigenvalue weighted by molar-refractivity contribution is -0.117. The summed E-state index contributed by atoms with van der Waals surface area (Å²) in [5.74, 6) is -3.53. The number of carboxylic acid groups (broad SMARTS) is 1. The normalized spacial score (nSPS) is 15.9. The summed E-state index contributed by atoms with van der Waals surface area (Å²) in [7, 11) is 1.23. The van der Waals surface area contributed by atoms with Crippen LogP contribution in [0.5, 0.6) is 5.75 Å². The number of carboxylic acids is 1. The van der Waals surface area contributed by atoms with Gasteiger partial charge < -0.3 is 15.2 Å². The molecule has 1 aliphatic rings. The van der Waals surface area contributed by atoms with Crippen LogP contribution in [-0.2, 0) is 4.79 Å². The van der Waals surface area contributed by atoms with Crippen LogP contribution in [0.2, 0.25) is 0 Å². The van der Waals surface area contributed by atoms with Crippen molar-refractivity contribution in [1.82, 2.24) is 0 Å². The van der Waals surface area contributed by atoms with E-state index in [9.17, 15) is 18.8 Å². The number of fused-ring (bicyclic) bond motifs is 1. The van der Waals surface area contributed by atoms with E-state index < -0.39 is 23.6 Å². The summed E-state index contributed by atoms with van der Waals surface area (Å²) in [6.45, 7) is 0. The van der Waals surface area contributed by atoms with Crippen LogP contribution in [0.1, 0.15) is 45.0 Å². The fraction of sp³-hybridized carbons (Fsp3) is 0.211. The van der Waals surface area contributed by atoms with Crippen molar-refractivity contribution in [3.05, 3.63) is 58.9 Å². The highest BCUT2D eigenvalue weighted by atomic mass is 19.1. The van der Waals surface area contributed by atoms with Gasteiger partial charge in [0.15, 0.2) is 17.3 Å². The predicted octanol–water partition coefficient (Wildman–Crippen LogP) is 3.23. The first kappa shape index (κ1) is 17.6. The van der Waals surface area contributed by atoms with Crippen molar-refractivity contribution in [2.75, 3.05) is 12.4 Å². The van der Waals surface area contributed by atoms with E-state index in [2.05, 4.69) is 5.32 Å². The highest BCUT2D eigenvalue weighted by Crippen LogP contribution is 2.35. The second kappa shape index (κ2) is 6.95. The maximum absolute atomic E-state index is 14.1. The summed E-state index contributed by atoms with van der Waals surface area (Å²) < 4.78 is 19.0. The minimum Gasteiger partial charge on any atom is -0.492 e. The fourth-order valence-corrected chi connectivity index (χ4v) is 3.13. The first-order valence-electron chi connectivity index (χ1n) is 7.96. The lowest BCUT2D eigenvalue weighted by atomic mass is 9.81. The van der Waals surface area contributed by atoms with Crippen molar-refractivity contribution in [2.24, 2.45) is 0 Å². The van der Waals surface area contributed by atoms with Gasteiger partial charge in [0, 0.05) is 12.0 Å². The number of benzene rings is 2. The number of anilines is 1. The Balaban J connectivity index is 1.95. The largest absolute Gasteiger partial charge is 0.492 e. The number of ketones is 1. The van der Waals surface area contributed by atoms with E-state index in [0.717, 1.165) is 12.1 Å². The minimum absolute atomic E-state index is 0.0267. The first-order chi connectivity index (χ1) is 12.4. The van der Waals surface area contributed by atoms with Gasteiger partial charge in [-0.15, -0.1) is 0 Å². The van der Waals surface area contributed by atoms with Crippen LogP contribution in [0.25, 0.3) is 0 Å². The Morgan fingerprint density at radius 2 is 2.00 bits per heavy atom. The number of Topliss-reactive ketones (excluding diaryl/α,β-unsaturated/α-hetero) is 1. The van der Waals surface area contributed by atoms with Gasteiger partial charge in [0.2, 0.25) is 5.91 Å². The number of nitrogens with one attached hydrogen (secondary N) is 1. The molecule has 7 heteroatoms. The summed E-state index contributed by atoms with van der Waals surface area (Å²) in [6, 6.07) is 8.81. The number of hydrogen-bond acceptors (Lipinski definition) is 4. The van der Waals surface area contributed by atoms with E-state index in [1.807, 2.05) is 0 Å². The summed E-state index contributed by atoms with van der Waals surface area (Å²) in [6.07, 6.45) is 0.556. The Morgan fingerprint density at radius 1 is 1.27 bits per heavy atom. The lowest BCUT2D eigenvalue weighted by Crippen LogP contribution is -2.27. The van der Waals surface area contributed by atoms with Crippen LogP contribution >= 0.6 is 0 Å². The molecule has 0 fully saturated rings. The number of ether oxygens (including phenoxy) is 1. The molecule has 1 unspecified atom stereocenters. The van der Waals surface area contributed by atoms with E-state index in [-0.39, 0.29) is 29.2 Å². The number of aromatic carboxylic acids is 1. The van der Waals surface area contributed by atoms with Crippen LogP contribution in [0.3, 0.4) is 0 Å². The molecular formula is C19H16FNO5. The zero-order valence-electron chi connectivity index (χ0n) is 13.9. The average molecular weight is 357 g/mol. The van der Waals surface area contributed by atoms with Crippen LogP contribution < -0.4 is 10.1 Å². The number of halogens is 1. The van der Waals surface area contributed by atoms with Gasteiger partial charge in [-0.1, -0.05) is 24.3 Å². The molecule has 0 spiro atoms. The van der Waals surface area contributed by atoms with E-state index in [0.29, 0.717) is 17.5 Å². The second-order valence-electron chi connectivity index (χ2n) is 5.93. The molecule has 0 aliphatic heterocycles. The van der Waals surface area contributed by atoms with Gasteiger partial charge in [0.1, 0.15) is 0 Å². The van der Waals surface area contributed by atoms with Gasteiger partial charge in [-0.05, 0) is 24.1 Å². The molecule has 2 aromatic carbocycles. The molecule has 134 valence electrons. The summed E-state index contributed by atoms with van der Waals surface area (Å²) in [5.41, 5.74) is 0.730. The van der Waals surface area contributed by atoms with Crippen molar-refractivity contribution in [3.63, 3.8) is 0 Å². The SMILES string of the molecule is COc1c(F)cc(C(=O)O)cc1NC(=O)C1CCC(=O)c2ccccc21. The quantitative estimate of drug-likeness (QED) is 0.876. The maximum atomic E-state index is 14.1. The highest BCUT2D eigenvalue weighted by Gasteiger charge is 2.31. The van der Waals surface area contributed by atoms with E-state index >= 15 is 0 Å². The number of hydrogen-bond donors (Lipinski definition) is 2. The lowest BCUT2D eigenvalue weighted by Gasteiger charge is -2.24. The molecule has 26 heavy (non-hydrogen) atoms. The van der Waals surface area contributed by atoms with Gasteiger partial charge in [-0.3, -0.25) is 9.59 Å². The van der Waals surface area contributed by atoms with Crippen molar-refractivity contribution in [1.29, 1.82) is 0 Å². The van der Waals surface area contributed by atoms with Crippen molar-refractivity contribution in [3.8, 4) is 5.75 Å². The highest BCUT2D eigenvalue weighted by molar-refractivity contribution is 6.05. The molecule has 0 saturated carbocycles. The number of carbonyl (C=O) groups excluding carboxylic acids is 2. The van der Waals surface area contributed by atoms with E-state index in [1.54, 1.807) is 24.3 Å². The number of rotatable bonds is 4. The second-order valence-corrected chi connectivity index (χ2v) is 5.93. The van der Waals surface area contributed by atoms with Crippen molar-refractivity contribution < 1.29 is 28.6 Å². The molecule has 1 aliphatic carbocycles. The van der Waals surface area contributed by atoms with Crippen LogP contribution in [0.15, 0.2) is 36.4 Å². The third-order valence-corrected chi connectivity index (χ3v) is 4.37. The Kier molecular flexibility index (Phi) is 4.71. The van der Waals surface area contributed by atoms with E-state index in [4.69, 9.17) is 9.84 Å². The first-order valence-corrected chi connectivity index (χ1v) is 7.96. The zero-order valence-corrected chi connectivity index (χ0v) is 13.9. The standard InChI is InChI=1S/C19H16FNO5/c1-26-17-14(20)8-10(19(24)25)9-15(17)21-18(23)13-6-7-16(22)12-5-3-2-4-11(12)13/h2-5,8-9,13H,6-7H2,1H3,(H,21,23)(H,24,25). The maximum Gasteiger partial charge on any atom is 0.335 e. The molecule has 2 aromatic rings. The summed E-state index contributed by atoms with van der Waals surface area (Å²) >= 11 is 0. The molecule has 1 atom stereocenters. The third-order valence-electron chi connectivity index (χ3n) is 4.37. The molecule has 0 aromatic heterocycles.